The number of carbonyl (C=O) groups excluding carboxylic acids is 1. The molecule has 1 amide bonds. The second-order valence-corrected chi connectivity index (χ2v) is 5.25. The highest BCUT2D eigenvalue weighted by Crippen LogP contribution is 2.45. The van der Waals surface area contributed by atoms with Crippen LogP contribution in [0.15, 0.2) is 62.2 Å². The molecule has 0 spiro atoms. The monoisotopic (exact) mass is 267 g/mol. The molecular weight excluding hydrogens is 246 g/mol. The molecule has 1 aromatic carbocycles. The lowest BCUT2D eigenvalue weighted by Gasteiger charge is -2.42. The summed E-state index contributed by atoms with van der Waals surface area (Å²) < 4.78 is 0. The van der Waals surface area contributed by atoms with Crippen molar-refractivity contribution in [3.05, 3.63) is 67.8 Å². The number of fused-ring (bicyclic) bond motifs is 1. The smallest absolute Gasteiger partial charge is 0.228 e. The van der Waals surface area contributed by atoms with Crippen LogP contribution in [0.25, 0.3) is 0 Å². The molecule has 2 nitrogen and oxygen atoms in total. The maximum Gasteiger partial charge on any atom is 0.228 e. The predicted molar refractivity (Wildman–Crippen MR) is 84.9 cm³/mol. The number of amides is 1. The van der Waals surface area contributed by atoms with Crippen molar-refractivity contribution in [1.29, 1.82) is 0 Å². The zero-order valence-corrected chi connectivity index (χ0v) is 11.8. The highest BCUT2D eigenvalue weighted by Gasteiger charge is 2.41. The zero-order valence-electron chi connectivity index (χ0n) is 11.8. The van der Waals surface area contributed by atoms with Gasteiger partial charge in [-0.2, -0.15) is 0 Å². The van der Waals surface area contributed by atoms with Crippen LogP contribution in [0.2, 0.25) is 0 Å². The fourth-order valence-corrected chi connectivity index (χ4v) is 3.10. The Morgan fingerprint density at radius 1 is 1.10 bits per heavy atom. The van der Waals surface area contributed by atoms with Crippen molar-refractivity contribution in [2.75, 3.05) is 11.4 Å². The second-order valence-electron chi connectivity index (χ2n) is 5.25. The summed E-state index contributed by atoms with van der Waals surface area (Å²) in [6, 6.07) is 8.13. The first-order chi connectivity index (χ1) is 9.68. The number of nitrogens with zero attached hydrogens (tertiary/aromatic N) is 1. The first-order valence-electron chi connectivity index (χ1n) is 6.91. The number of benzene rings is 1. The van der Waals surface area contributed by atoms with Gasteiger partial charge in [0.15, 0.2) is 0 Å². The van der Waals surface area contributed by atoms with E-state index in [1.54, 1.807) is 6.08 Å². The number of para-hydroxylation sites is 1. The van der Waals surface area contributed by atoms with Crippen LogP contribution in [-0.2, 0) is 10.2 Å². The van der Waals surface area contributed by atoms with Gasteiger partial charge in [0.05, 0.1) is 0 Å². The summed E-state index contributed by atoms with van der Waals surface area (Å²) >= 11 is 0. The SMILES string of the molecule is C=CCN1C(=O)CC(CC=C)(CC=C)c2ccccc21. The van der Waals surface area contributed by atoms with Crippen LogP contribution in [0.4, 0.5) is 5.69 Å². The molecule has 2 heteroatoms. The number of hydrogen-bond acceptors (Lipinski definition) is 1. The summed E-state index contributed by atoms with van der Waals surface area (Å²) in [6.45, 7) is 12.0. The van der Waals surface area contributed by atoms with E-state index in [1.165, 1.54) is 5.56 Å². The molecule has 0 saturated heterocycles. The fourth-order valence-electron chi connectivity index (χ4n) is 3.10. The van der Waals surface area contributed by atoms with Gasteiger partial charge in [0, 0.05) is 24.1 Å². The van der Waals surface area contributed by atoms with Crippen molar-refractivity contribution >= 4 is 11.6 Å². The van der Waals surface area contributed by atoms with Gasteiger partial charge >= 0.3 is 0 Å². The van der Waals surface area contributed by atoms with Gasteiger partial charge in [-0.3, -0.25) is 4.79 Å². The van der Waals surface area contributed by atoms with Gasteiger partial charge in [-0.05, 0) is 24.5 Å². The lowest BCUT2D eigenvalue weighted by molar-refractivity contribution is -0.120. The van der Waals surface area contributed by atoms with Crippen LogP contribution < -0.4 is 4.90 Å². The first-order valence-corrected chi connectivity index (χ1v) is 6.91. The largest absolute Gasteiger partial charge is 0.308 e. The molecule has 2 rings (SSSR count). The van der Waals surface area contributed by atoms with Crippen LogP contribution in [-0.4, -0.2) is 12.5 Å². The van der Waals surface area contributed by atoms with E-state index in [-0.39, 0.29) is 11.3 Å². The number of hydrogen-bond donors (Lipinski definition) is 0. The first kappa shape index (κ1) is 14.3. The third-order valence-electron chi connectivity index (χ3n) is 3.94. The molecule has 1 aliphatic rings. The number of anilines is 1. The van der Waals surface area contributed by atoms with Crippen molar-refractivity contribution in [1.82, 2.24) is 0 Å². The van der Waals surface area contributed by atoms with Gasteiger partial charge in [-0.1, -0.05) is 36.4 Å². The van der Waals surface area contributed by atoms with E-state index < -0.39 is 0 Å². The number of allylic oxidation sites excluding steroid dienone is 2. The van der Waals surface area contributed by atoms with Gasteiger partial charge in [0.1, 0.15) is 0 Å². The van der Waals surface area contributed by atoms with Gasteiger partial charge in [-0.15, -0.1) is 19.7 Å². The Kier molecular flexibility index (Phi) is 4.23. The van der Waals surface area contributed by atoms with Crippen molar-refractivity contribution in [2.45, 2.75) is 24.7 Å². The Morgan fingerprint density at radius 2 is 1.75 bits per heavy atom. The third-order valence-corrected chi connectivity index (χ3v) is 3.94. The third kappa shape index (κ3) is 2.34. The normalized spacial score (nSPS) is 16.4. The van der Waals surface area contributed by atoms with Gasteiger partial charge < -0.3 is 4.90 Å². The zero-order chi connectivity index (χ0) is 14.6. The molecule has 1 aliphatic heterocycles. The molecule has 0 unspecified atom stereocenters. The molecule has 0 aliphatic carbocycles. The van der Waals surface area contributed by atoms with E-state index in [4.69, 9.17) is 0 Å². The van der Waals surface area contributed by atoms with E-state index >= 15 is 0 Å². The van der Waals surface area contributed by atoms with Crippen LogP contribution in [0, 0.1) is 0 Å². The van der Waals surface area contributed by atoms with Crippen LogP contribution in [0.5, 0.6) is 0 Å². The van der Waals surface area contributed by atoms with Gasteiger partial charge in [-0.25, -0.2) is 0 Å². The number of rotatable bonds is 6. The average Bonchev–Trinajstić information content (AvgIpc) is 2.44. The second kappa shape index (κ2) is 5.91. The Bertz CT molecular complexity index is 534. The minimum atomic E-state index is -0.200. The molecule has 0 fully saturated rings. The van der Waals surface area contributed by atoms with E-state index in [1.807, 2.05) is 35.3 Å². The van der Waals surface area contributed by atoms with E-state index in [2.05, 4.69) is 25.8 Å². The molecule has 1 heterocycles. The Morgan fingerprint density at radius 3 is 2.35 bits per heavy atom. The fraction of sp³-hybridized carbons (Fsp3) is 0.278. The summed E-state index contributed by atoms with van der Waals surface area (Å²) in [7, 11) is 0. The summed E-state index contributed by atoms with van der Waals surface area (Å²) in [4.78, 5) is 14.3. The Labute approximate surface area is 121 Å². The van der Waals surface area contributed by atoms with Crippen molar-refractivity contribution in [3.8, 4) is 0 Å². The lowest BCUT2D eigenvalue weighted by atomic mass is 9.69. The quantitative estimate of drug-likeness (QED) is 0.713. The maximum absolute atomic E-state index is 12.5. The van der Waals surface area contributed by atoms with E-state index in [0.717, 1.165) is 18.5 Å². The minimum absolute atomic E-state index is 0.146. The molecule has 0 N–H and O–H groups in total. The molecule has 20 heavy (non-hydrogen) atoms. The highest BCUT2D eigenvalue weighted by molar-refractivity contribution is 5.98. The molecule has 0 saturated carbocycles. The summed E-state index contributed by atoms with van der Waals surface area (Å²) in [5, 5.41) is 0. The standard InChI is InChI=1S/C18H21NO/c1-4-11-18(12-5-2)14-17(20)19(13-6-3)16-10-8-7-9-15(16)18/h4-10H,1-3,11-14H2. The summed E-state index contributed by atoms with van der Waals surface area (Å²) in [5.41, 5.74) is 2.00. The van der Waals surface area contributed by atoms with Crippen molar-refractivity contribution in [3.63, 3.8) is 0 Å². The molecule has 104 valence electrons. The molecule has 0 radical (unpaired) electrons. The molecule has 0 atom stereocenters. The minimum Gasteiger partial charge on any atom is -0.308 e. The highest BCUT2D eigenvalue weighted by atomic mass is 16.2. The van der Waals surface area contributed by atoms with Crippen LogP contribution >= 0.6 is 0 Å². The molecule has 0 bridgehead atoms. The van der Waals surface area contributed by atoms with E-state index in [9.17, 15) is 4.79 Å². The summed E-state index contributed by atoms with van der Waals surface area (Å²) in [5.74, 6) is 0.146. The molecule has 0 aromatic heterocycles. The van der Waals surface area contributed by atoms with E-state index in [0.29, 0.717) is 13.0 Å². The molecular formula is C18H21NO. The average molecular weight is 267 g/mol. The lowest BCUT2D eigenvalue weighted by Crippen LogP contribution is -2.44. The predicted octanol–water partition coefficient (Wildman–Crippen LogP) is 4.00. The van der Waals surface area contributed by atoms with Gasteiger partial charge in [0.25, 0.3) is 0 Å². The topological polar surface area (TPSA) is 20.3 Å². The van der Waals surface area contributed by atoms with Crippen LogP contribution in [0.3, 0.4) is 0 Å². The van der Waals surface area contributed by atoms with Gasteiger partial charge in [0.2, 0.25) is 5.91 Å². The van der Waals surface area contributed by atoms with Crippen molar-refractivity contribution in [2.24, 2.45) is 0 Å². The Balaban J connectivity index is 2.58. The Hall–Kier alpha value is -2.09. The van der Waals surface area contributed by atoms with Crippen LogP contribution in [0.1, 0.15) is 24.8 Å². The summed E-state index contributed by atoms with van der Waals surface area (Å²) in [6.07, 6.45) is 7.62. The van der Waals surface area contributed by atoms with Crippen molar-refractivity contribution < 1.29 is 4.79 Å². The maximum atomic E-state index is 12.5. The molecule has 1 aromatic rings. The number of carbonyl (C=O) groups is 1.